The van der Waals surface area contributed by atoms with Gasteiger partial charge in [0.15, 0.2) is 0 Å². The lowest BCUT2D eigenvalue weighted by Gasteiger charge is -2.08. The van der Waals surface area contributed by atoms with Crippen molar-refractivity contribution in [2.45, 2.75) is 18.4 Å². The first-order valence-corrected chi connectivity index (χ1v) is 8.17. The molecule has 6 nitrogen and oxygen atoms in total. The molecule has 2 aromatic rings. The molecule has 0 amide bonds. The van der Waals surface area contributed by atoms with Crippen molar-refractivity contribution in [2.75, 3.05) is 11.3 Å². The third-order valence-electron chi connectivity index (χ3n) is 2.47. The Bertz CT molecular complexity index is 674. The van der Waals surface area contributed by atoms with E-state index in [9.17, 15) is 12.8 Å². The Hall–Kier alpha value is -1.58. The maximum absolute atomic E-state index is 13.6. The van der Waals surface area contributed by atoms with Crippen LogP contribution in [0.4, 0.5) is 9.52 Å². The minimum absolute atomic E-state index is 0.0120. The molecule has 0 spiro atoms. The number of halogens is 1. The van der Waals surface area contributed by atoms with E-state index in [1.54, 1.807) is 0 Å². The van der Waals surface area contributed by atoms with Crippen LogP contribution in [0.1, 0.15) is 12.5 Å². The van der Waals surface area contributed by atoms with Crippen LogP contribution in [0.2, 0.25) is 0 Å². The van der Waals surface area contributed by atoms with Crippen LogP contribution in [0.5, 0.6) is 0 Å². The molecule has 2 N–H and O–H groups in total. The quantitative estimate of drug-likeness (QED) is 0.845. The van der Waals surface area contributed by atoms with Crippen molar-refractivity contribution >= 4 is 26.5 Å². The van der Waals surface area contributed by atoms with Gasteiger partial charge in [0.25, 0.3) is 10.0 Å². The van der Waals surface area contributed by atoms with Crippen LogP contribution >= 0.6 is 11.3 Å². The Balaban J connectivity index is 2.27. The number of hydrogen-bond donors (Lipinski definition) is 2. The van der Waals surface area contributed by atoms with E-state index in [1.807, 2.05) is 6.92 Å². The predicted molar refractivity (Wildman–Crippen MR) is 74.5 cm³/mol. The number of sulfonamides is 1. The highest BCUT2D eigenvalue weighted by Crippen LogP contribution is 2.19. The third kappa shape index (κ3) is 3.50. The lowest BCUT2D eigenvalue weighted by molar-refractivity contribution is 0.586. The molecule has 0 aliphatic carbocycles. The molecule has 108 valence electrons. The highest BCUT2D eigenvalue weighted by Gasteiger charge is 2.17. The normalized spacial score (nSPS) is 11.5. The standard InChI is InChI=1S/C11H13FN4O2S2/c1-2-13-6-8-5-9(3-4-10(8)12)20(17,18)16-11-15-14-7-19-11/h3-5,7,13H,2,6H2,1H3,(H,15,16). The van der Waals surface area contributed by atoms with Crippen molar-refractivity contribution in [2.24, 2.45) is 0 Å². The summed E-state index contributed by atoms with van der Waals surface area (Å²) in [6, 6.07) is 3.66. The van der Waals surface area contributed by atoms with Crippen molar-refractivity contribution in [1.29, 1.82) is 0 Å². The Morgan fingerprint density at radius 3 is 2.85 bits per heavy atom. The summed E-state index contributed by atoms with van der Waals surface area (Å²) in [6.45, 7) is 2.82. The average Bonchev–Trinajstić information content (AvgIpc) is 2.89. The van der Waals surface area contributed by atoms with Gasteiger partial charge in [0.1, 0.15) is 11.3 Å². The largest absolute Gasteiger partial charge is 0.313 e. The molecule has 0 radical (unpaired) electrons. The average molecular weight is 316 g/mol. The van der Waals surface area contributed by atoms with Gasteiger partial charge >= 0.3 is 0 Å². The van der Waals surface area contributed by atoms with Crippen molar-refractivity contribution in [1.82, 2.24) is 15.5 Å². The summed E-state index contributed by atoms with van der Waals surface area (Å²) in [5.74, 6) is -0.444. The summed E-state index contributed by atoms with van der Waals surface area (Å²) in [5, 5.41) is 10.3. The molecule has 0 saturated carbocycles. The fraction of sp³-hybridized carbons (Fsp3) is 0.273. The molecule has 0 atom stereocenters. The van der Waals surface area contributed by atoms with Crippen LogP contribution in [0.3, 0.4) is 0 Å². The van der Waals surface area contributed by atoms with Crippen molar-refractivity contribution in [3.05, 3.63) is 35.1 Å². The number of rotatable bonds is 6. The van der Waals surface area contributed by atoms with Crippen LogP contribution in [0, 0.1) is 5.82 Å². The second-order valence-electron chi connectivity index (χ2n) is 3.88. The zero-order valence-corrected chi connectivity index (χ0v) is 12.3. The molecule has 9 heteroatoms. The first-order chi connectivity index (χ1) is 9.53. The highest BCUT2D eigenvalue weighted by atomic mass is 32.2. The molecule has 0 aliphatic heterocycles. The van der Waals surface area contributed by atoms with E-state index in [4.69, 9.17) is 0 Å². The van der Waals surface area contributed by atoms with E-state index >= 15 is 0 Å². The van der Waals surface area contributed by atoms with Crippen LogP contribution in [0.25, 0.3) is 0 Å². The fourth-order valence-electron chi connectivity index (χ4n) is 1.50. The lowest BCUT2D eigenvalue weighted by atomic mass is 10.2. The molecule has 1 aromatic carbocycles. The van der Waals surface area contributed by atoms with E-state index in [1.165, 1.54) is 17.6 Å². The topological polar surface area (TPSA) is 84.0 Å². The molecule has 0 fully saturated rings. The van der Waals surface area contributed by atoms with Gasteiger partial charge < -0.3 is 5.32 Å². The van der Waals surface area contributed by atoms with Gasteiger partial charge in [0.2, 0.25) is 5.13 Å². The third-order valence-corrected chi connectivity index (χ3v) is 4.55. The van der Waals surface area contributed by atoms with Gasteiger partial charge in [0.05, 0.1) is 4.90 Å². The number of nitrogens with zero attached hydrogens (tertiary/aromatic N) is 2. The lowest BCUT2D eigenvalue weighted by Crippen LogP contribution is -2.16. The Labute approximate surface area is 120 Å². The van der Waals surface area contributed by atoms with Gasteiger partial charge in [-0.3, -0.25) is 4.72 Å². The van der Waals surface area contributed by atoms with Gasteiger partial charge in [-0.1, -0.05) is 18.3 Å². The van der Waals surface area contributed by atoms with E-state index in [-0.39, 0.29) is 16.6 Å². The molecular weight excluding hydrogens is 303 g/mol. The molecule has 0 saturated heterocycles. The van der Waals surface area contributed by atoms with E-state index in [2.05, 4.69) is 20.2 Å². The van der Waals surface area contributed by atoms with Crippen molar-refractivity contribution in [3.63, 3.8) is 0 Å². The Morgan fingerprint density at radius 1 is 1.40 bits per heavy atom. The first kappa shape index (κ1) is 14.8. The molecule has 0 aliphatic rings. The van der Waals surface area contributed by atoms with Gasteiger partial charge in [0, 0.05) is 12.1 Å². The number of nitrogens with one attached hydrogen (secondary N) is 2. The summed E-state index contributed by atoms with van der Waals surface area (Å²) < 4.78 is 40.1. The minimum atomic E-state index is -3.78. The molecular formula is C11H13FN4O2S2. The monoisotopic (exact) mass is 316 g/mol. The minimum Gasteiger partial charge on any atom is -0.313 e. The summed E-state index contributed by atoms with van der Waals surface area (Å²) in [7, 11) is -3.78. The second kappa shape index (κ2) is 6.25. The fourth-order valence-corrected chi connectivity index (χ4v) is 3.25. The van der Waals surface area contributed by atoms with Gasteiger partial charge in [-0.25, -0.2) is 12.8 Å². The summed E-state index contributed by atoms with van der Waals surface area (Å²) in [4.78, 5) is -0.0120. The number of aromatic nitrogens is 2. The van der Waals surface area contributed by atoms with Gasteiger partial charge in [-0.05, 0) is 24.7 Å². The van der Waals surface area contributed by atoms with Crippen LogP contribution in [-0.4, -0.2) is 25.2 Å². The zero-order chi connectivity index (χ0) is 14.6. The molecule has 2 rings (SSSR count). The highest BCUT2D eigenvalue weighted by molar-refractivity contribution is 7.93. The summed E-state index contributed by atoms with van der Waals surface area (Å²) in [6.07, 6.45) is 0. The molecule has 1 aromatic heterocycles. The molecule has 1 heterocycles. The zero-order valence-electron chi connectivity index (χ0n) is 10.6. The van der Waals surface area contributed by atoms with Gasteiger partial charge in [-0.2, -0.15) is 0 Å². The van der Waals surface area contributed by atoms with Crippen LogP contribution in [0.15, 0.2) is 28.6 Å². The van der Waals surface area contributed by atoms with Crippen molar-refractivity contribution < 1.29 is 12.8 Å². The number of anilines is 1. The van der Waals surface area contributed by atoms with Crippen molar-refractivity contribution in [3.8, 4) is 0 Å². The van der Waals surface area contributed by atoms with E-state index < -0.39 is 15.8 Å². The maximum Gasteiger partial charge on any atom is 0.263 e. The SMILES string of the molecule is CCNCc1cc(S(=O)(=O)Nc2nncs2)ccc1F. The van der Waals surface area contributed by atoms with Crippen LogP contribution < -0.4 is 10.0 Å². The van der Waals surface area contributed by atoms with Gasteiger partial charge in [-0.15, -0.1) is 10.2 Å². The molecule has 20 heavy (non-hydrogen) atoms. The predicted octanol–water partition coefficient (Wildman–Crippen LogP) is 1.59. The molecule has 0 bridgehead atoms. The Kier molecular flexibility index (Phi) is 4.63. The van der Waals surface area contributed by atoms with E-state index in [0.29, 0.717) is 12.1 Å². The first-order valence-electron chi connectivity index (χ1n) is 5.81. The van der Waals surface area contributed by atoms with E-state index in [0.717, 1.165) is 17.4 Å². The van der Waals surface area contributed by atoms with Crippen LogP contribution in [-0.2, 0) is 16.6 Å². The smallest absolute Gasteiger partial charge is 0.263 e. The number of benzene rings is 1. The summed E-state index contributed by atoms with van der Waals surface area (Å²) in [5.41, 5.74) is 1.71. The Morgan fingerprint density at radius 2 is 2.20 bits per heavy atom. The maximum atomic E-state index is 13.6. The second-order valence-corrected chi connectivity index (χ2v) is 6.40. The molecule has 0 unspecified atom stereocenters. The summed E-state index contributed by atoms with van der Waals surface area (Å²) >= 11 is 1.07. The number of hydrogen-bond acceptors (Lipinski definition) is 6.